The van der Waals surface area contributed by atoms with Gasteiger partial charge < -0.3 is 23.9 Å². The van der Waals surface area contributed by atoms with Crippen LogP contribution in [0.25, 0.3) is 11.3 Å². The van der Waals surface area contributed by atoms with E-state index in [2.05, 4.69) is 21.7 Å². The molecule has 3 rings (SSSR count). The molecule has 1 aromatic heterocycles. The first-order valence-corrected chi connectivity index (χ1v) is 9.84. The summed E-state index contributed by atoms with van der Waals surface area (Å²) in [6.45, 7) is 2.77. The Morgan fingerprint density at radius 3 is 2.52 bits per heavy atom. The van der Waals surface area contributed by atoms with Crippen molar-refractivity contribution < 1.29 is 19.3 Å². The quantitative estimate of drug-likeness (QED) is 0.471. The summed E-state index contributed by atoms with van der Waals surface area (Å²) in [4.78, 5) is 0.759. The minimum Gasteiger partial charge on any atom is -0.504 e. The number of rotatable bonds is 7. The number of aromatic nitrogens is 1. The van der Waals surface area contributed by atoms with Gasteiger partial charge in [-0.1, -0.05) is 0 Å². The van der Waals surface area contributed by atoms with Crippen LogP contribution in [0.4, 0.5) is 0 Å². The van der Waals surface area contributed by atoms with Crippen molar-refractivity contribution in [3.8, 4) is 34.3 Å². The zero-order chi connectivity index (χ0) is 20.8. The second-order valence-electron chi connectivity index (χ2n) is 5.99. The van der Waals surface area contributed by atoms with Crippen molar-refractivity contribution in [2.75, 3.05) is 21.3 Å². The summed E-state index contributed by atoms with van der Waals surface area (Å²) in [5, 5.41) is 20.3. The van der Waals surface area contributed by atoms with E-state index in [9.17, 15) is 5.11 Å². The Labute approximate surface area is 173 Å². The van der Waals surface area contributed by atoms with Gasteiger partial charge in [0.1, 0.15) is 11.5 Å². The molecule has 7 nitrogen and oxygen atoms in total. The van der Waals surface area contributed by atoms with E-state index in [4.69, 9.17) is 14.2 Å². The SMILES string of the molecule is CCn1c(-c2cc(OC)ccc2OC)cs/c1=N/N=C\c1ccc(O)c(OC)c1. The van der Waals surface area contributed by atoms with Crippen molar-refractivity contribution in [1.29, 1.82) is 0 Å². The number of methoxy groups -OCH3 is 3. The van der Waals surface area contributed by atoms with Gasteiger partial charge in [-0.15, -0.1) is 16.4 Å². The van der Waals surface area contributed by atoms with E-state index >= 15 is 0 Å². The van der Waals surface area contributed by atoms with E-state index in [1.54, 1.807) is 38.6 Å². The molecule has 1 N–H and O–H groups in total. The third-order valence-electron chi connectivity index (χ3n) is 4.35. The Hall–Kier alpha value is -3.26. The molecule has 0 radical (unpaired) electrons. The van der Waals surface area contributed by atoms with E-state index in [0.29, 0.717) is 5.75 Å². The lowest BCUT2D eigenvalue weighted by molar-refractivity contribution is 0.373. The van der Waals surface area contributed by atoms with Gasteiger partial charge in [0.05, 0.1) is 33.2 Å². The number of ether oxygens (including phenoxy) is 3. The summed E-state index contributed by atoms with van der Waals surface area (Å²) < 4.78 is 18.1. The van der Waals surface area contributed by atoms with Crippen LogP contribution in [-0.2, 0) is 6.54 Å². The highest BCUT2D eigenvalue weighted by Crippen LogP contribution is 2.33. The maximum atomic E-state index is 9.68. The summed E-state index contributed by atoms with van der Waals surface area (Å²) in [5.41, 5.74) is 2.69. The summed E-state index contributed by atoms with van der Waals surface area (Å²) in [6, 6.07) is 10.7. The summed E-state index contributed by atoms with van der Waals surface area (Å²) in [7, 11) is 4.79. The number of aromatic hydroxyl groups is 1. The molecule has 0 aliphatic heterocycles. The molecule has 0 unspecified atom stereocenters. The van der Waals surface area contributed by atoms with Crippen molar-refractivity contribution in [2.45, 2.75) is 13.5 Å². The van der Waals surface area contributed by atoms with E-state index in [0.717, 1.165) is 39.7 Å². The maximum Gasteiger partial charge on any atom is 0.211 e. The number of nitrogens with zero attached hydrogens (tertiary/aromatic N) is 3. The summed E-state index contributed by atoms with van der Waals surface area (Å²) in [6.07, 6.45) is 1.62. The lowest BCUT2D eigenvalue weighted by Crippen LogP contribution is -2.14. The van der Waals surface area contributed by atoms with Gasteiger partial charge in [0.2, 0.25) is 4.80 Å². The first-order chi connectivity index (χ1) is 14.1. The molecular formula is C21H23N3O4S. The molecule has 29 heavy (non-hydrogen) atoms. The van der Waals surface area contributed by atoms with Gasteiger partial charge in [-0.2, -0.15) is 5.10 Å². The van der Waals surface area contributed by atoms with Crippen LogP contribution in [0.1, 0.15) is 12.5 Å². The molecule has 0 spiro atoms. The van der Waals surface area contributed by atoms with Gasteiger partial charge in [-0.05, 0) is 48.9 Å². The van der Waals surface area contributed by atoms with Crippen LogP contribution >= 0.6 is 11.3 Å². The lowest BCUT2D eigenvalue weighted by atomic mass is 10.1. The Balaban J connectivity index is 1.98. The highest BCUT2D eigenvalue weighted by Gasteiger charge is 2.13. The topological polar surface area (TPSA) is 77.6 Å². The van der Waals surface area contributed by atoms with Crippen LogP contribution < -0.4 is 19.0 Å². The molecule has 2 aromatic carbocycles. The largest absolute Gasteiger partial charge is 0.504 e. The standard InChI is InChI=1S/C21H23N3O4S/c1-5-24-17(16-11-15(26-2)7-9-19(16)27-3)13-29-21(24)23-22-12-14-6-8-18(25)20(10-14)28-4/h6-13,25H,5H2,1-4H3/b22-12-,23-21+. The lowest BCUT2D eigenvalue weighted by Gasteiger charge is -2.12. The summed E-state index contributed by atoms with van der Waals surface area (Å²) in [5.74, 6) is 1.99. The van der Waals surface area contributed by atoms with Crippen LogP contribution in [0.3, 0.4) is 0 Å². The van der Waals surface area contributed by atoms with Gasteiger partial charge in [-0.3, -0.25) is 0 Å². The van der Waals surface area contributed by atoms with Crippen LogP contribution in [0, 0.1) is 0 Å². The van der Waals surface area contributed by atoms with E-state index < -0.39 is 0 Å². The fraction of sp³-hybridized carbons (Fsp3) is 0.238. The minimum atomic E-state index is 0.0838. The predicted molar refractivity (Wildman–Crippen MR) is 114 cm³/mol. The average Bonchev–Trinajstić information content (AvgIpc) is 3.17. The fourth-order valence-electron chi connectivity index (χ4n) is 2.86. The van der Waals surface area contributed by atoms with Crippen molar-refractivity contribution >= 4 is 17.6 Å². The van der Waals surface area contributed by atoms with Gasteiger partial charge >= 0.3 is 0 Å². The first kappa shape index (κ1) is 20.5. The number of hydrogen-bond acceptors (Lipinski definition) is 7. The number of benzene rings is 2. The minimum absolute atomic E-state index is 0.0838. The Bertz CT molecular complexity index is 1090. The monoisotopic (exact) mass is 413 g/mol. The van der Waals surface area contributed by atoms with Crippen molar-refractivity contribution in [1.82, 2.24) is 4.57 Å². The van der Waals surface area contributed by atoms with Gasteiger partial charge in [0.25, 0.3) is 0 Å². The third-order valence-corrected chi connectivity index (χ3v) is 5.20. The smallest absolute Gasteiger partial charge is 0.211 e. The van der Waals surface area contributed by atoms with Crippen molar-refractivity contribution in [2.24, 2.45) is 10.2 Å². The Kier molecular flexibility index (Phi) is 6.56. The molecule has 0 atom stereocenters. The van der Waals surface area contributed by atoms with Crippen LogP contribution in [0.5, 0.6) is 23.0 Å². The normalized spacial score (nSPS) is 11.8. The molecule has 0 aliphatic rings. The molecule has 1 heterocycles. The molecule has 152 valence electrons. The molecule has 0 saturated carbocycles. The second kappa shape index (κ2) is 9.29. The predicted octanol–water partition coefficient (Wildman–Crippen LogP) is 3.90. The van der Waals surface area contributed by atoms with Gasteiger partial charge in [0.15, 0.2) is 11.5 Å². The third kappa shape index (κ3) is 4.43. The van der Waals surface area contributed by atoms with Crippen molar-refractivity contribution in [3.63, 3.8) is 0 Å². The van der Waals surface area contributed by atoms with E-state index in [-0.39, 0.29) is 5.75 Å². The van der Waals surface area contributed by atoms with E-state index in [1.165, 1.54) is 18.4 Å². The molecule has 0 fully saturated rings. The number of thiazole rings is 1. The van der Waals surface area contributed by atoms with Gasteiger partial charge in [0, 0.05) is 17.5 Å². The van der Waals surface area contributed by atoms with Gasteiger partial charge in [-0.25, -0.2) is 0 Å². The highest BCUT2D eigenvalue weighted by molar-refractivity contribution is 7.07. The molecule has 3 aromatic rings. The molecule has 0 bridgehead atoms. The molecular weight excluding hydrogens is 390 g/mol. The molecule has 0 amide bonds. The Morgan fingerprint density at radius 1 is 1.03 bits per heavy atom. The first-order valence-electron chi connectivity index (χ1n) is 8.96. The van der Waals surface area contributed by atoms with Crippen molar-refractivity contribution in [3.05, 3.63) is 52.1 Å². The Morgan fingerprint density at radius 2 is 1.83 bits per heavy atom. The highest BCUT2D eigenvalue weighted by atomic mass is 32.1. The van der Waals surface area contributed by atoms with Crippen LogP contribution in [-0.4, -0.2) is 37.2 Å². The average molecular weight is 413 g/mol. The van der Waals surface area contributed by atoms with Crippen LogP contribution in [0.2, 0.25) is 0 Å². The molecule has 0 aliphatic carbocycles. The second-order valence-corrected chi connectivity index (χ2v) is 6.83. The molecule has 8 heteroatoms. The number of phenols is 1. The van der Waals surface area contributed by atoms with Crippen LogP contribution in [0.15, 0.2) is 52.0 Å². The maximum absolute atomic E-state index is 9.68. The van der Waals surface area contributed by atoms with E-state index in [1.807, 2.05) is 23.6 Å². The fourth-order valence-corrected chi connectivity index (χ4v) is 3.78. The number of phenolic OH excluding ortho intramolecular Hbond substituents is 1. The number of hydrogen-bond donors (Lipinski definition) is 1. The summed E-state index contributed by atoms with van der Waals surface area (Å²) >= 11 is 1.49. The molecule has 0 saturated heterocycles. The zero-order valence-corrected chi connectivity index (χ0v) is 17.6. The zero-order valence-electron chi connectivity index (χ0n) is 16.7.